The van der Waals surface area contributed by atoms with Crippen LogP contribution in [0.4, 0.5) is 5.82 Å². The number of nitrogens with zero attached hydrogens (tertiary/aromatic N) is 5. The van der Waals surface area contributed by atoms with Gasteiger partial charge in [-0.25, -0.2) is 9.97 Å². The first-order chi connectivity index (χ1) is 11.7. The molecule has 24 heavy (non-hydrogen) atoms. The summed E-state index contributed by atoms with van der Waals surface area (Å²) in [7, 11) is 1.89. The summed E-state index contributed by atoms with van der Waals surface area (Å²) < 4.78 is 1.77. The van der Waals surface area contributed by atoms with Crippen molar-refractivity contribution in [2.45, 2.75) is 45.1 Å². The molecule has 7 heteroatoms. The molecule has 0 spiro atoms. The van der Waals surface area contributed by atoms with Crippen LogP contribution in [0.5, 0.6) is 0 Å². The molecular weight excluding hydrogens is 304 g/mol. The van der Waals surface area contributed by atoms with Crippen LogP contribution in [-0.4, -0.2) is 62.0 Å². The van der Waals surface area contributed by atoms with E-state index in [2.05, 4.69) is 32.2 Å². The lowest BCUT2D eigenvalue weighted by Crippen LogP contribution is -2.39. The number of β-amino-alcohol motifs (C(OH)–C–C–N with tert-alkyl or cyclic N) is 1. The monoisotopic (exact) mass is 332 g/mol. The molecule has 0 bridgehead atoms. The van der Waals surface area contributed by atoms with Crippen molar-refractivity contribution in [2.75, 3.05) is 31.5 Å². The van der Waals surface area contributed by atoms with E-state index >= 15 is 0 Å². The van der Waals surface area contributed by atoms with Crippen LogP contribution in [0.2, 0.25) is 0 Å². The van der Waals surface area contributed by atoms with E-state index in [0.29, 0.717) is 6.54 Å². The summed E-state index contributed by atoms with van der Waals surface area (Å²) in [6, 6.07) is 0. The predicted octanol–water partition coefficient (Wildman–Crippen LogP) is 1.57. The fourth-order valence-electron chi connectivity index (χ4n) is 3.26. The molecule has 1 saturated heterocycles. The lowest BCUT2D eigenvalue weighted by atomic mass is 10.1. The van der Waals surface area contributed by atoms with Crippen molar-refractivity contribution < 1.29 is 5.11 Å². The van der Waals surface area contributed by atoms with Gasteiger partial charge in [-0.3, -0.25) is 4.68 Å². The van der Waals surface area contributed by atoms with Gasteiger partial charge in [-0.15, -0.1) is 0 Å². The average molecular weight is 332 g/mol. The Hall–Kier alpha value is -1.73. The molecule has 0 radical (unpaired) electrons. The summed E-state index contributed by atoms with van der Waals surface area (Å²) in [6.07, 6.45) is 7.01. The zero-order valence-electron chi connectivity index (χ0n) is 14.7. The molecule has 3 heterocycles. The van der Waals surface area contributed by atoms with Crippen molar-refractivity contribution in [3.63, 3.8) is 0 Å². The van der Waals surface area contributed by atoms with Crippen LogP contribution in [0.25, 0.3) is 11.0 Å². The van der Waals surface area contributed by atoms with E-state index in [0.717, 1.165) is 55.2 Å². The second-order valence-electron chi connectivity index (χ2n) is 6.64. The van der Waals surface area contributed by atoms with Crippen molar-refractivity contribution >= 4 is 16.9 Å². The number of aliphatic hydroxyl groups excluding tert-OH is 1. The molecule has 1 unspecified atom stereocenters. The molecule has 2 N–H and O–H groups in total. The molecule has 3 rings (SSSR count). The van der Waals surface area contributed by atoms with E-state index in [-0.39, 0.29) is 0 Å². The fourth-order valence-corrected chi connectivity index (χ4v) is 3.26. The molecule has 7 nitrogen and oxygen atoms in total. The summed E-state index contributed by atoms with van der Waals surface area (Å²) >= 11 is 0. The highest BCUT2D eigenvalue weighted by Gasteiger charge is 2.16. The minimum Gasteiger partial charge on any atom is -0.390 e. The van der Waals surface area contributed by atoms with E-state index in [4.69, 9.17) is 0 Å². The largest absolute Gasteiger partial charge is 0.390 e. The first-order valence-corrected chi connectivity index (χ1v) is 9.00. The summed E-state index contributed by atoms with van der Waals surface area (Å²) in [6.45, 7) is 5.52. The molecular formula is C17H28N6O. The zero-order valence-corrected chi connectivity index (χ0v) is 14.7. The number of piperidine rings is 1. The van der Waals surface area contributed by atoms with Crippen LogP contribution >= 0.6 is 0 Å². The van der Waals surface area contributed by atoms with Gasteiger partial charge < -0.3 is 15.3 Å². The topological polar surface area (TPSA) is 79.1 Å². The van der Waals surface area contributed by atoms with Crippen molar-refractivity contribution in [1.82, 2.24) is 24.6 Å². The van der Waals surface area contributed by atoms with Crippen LogP contribution in [0, 0.1) is 0 Å². The van der Waals surface area contributed by atoms with Gasteiger partial charge in [0.15, 0.2) is 5.65 Å². The number of aliphatic hydroxyl groups is 1. The van der Waals surface area contributed by atoms with Crippen LogP contribution in [-0.2, 0) is 13.5 Å². The number of likely N-dealkylation sites (tertiary alicyclic amines) is 1. The van der Waals surface area contributed by atoms with E-state index in [9.17, 15) is 5.11 Å². The number of aromatic nitrogens is 4. The minimum absolute atomic E-state index is 0.403. The molecule has 0 saturated carbocycles. The van der Waals surface area contributed by atoms with Crippen molar-refractivity contribution in [3.05, 3.63) is 12.0 Å². The van der Waals surface area contributed by atoms with Gasteiger partial charge in [0.05, 0.1) is 17.7 Å². The number of anilines is 1. The van der Waals surface area contributed by atoms with Gasteiger partial charge in [-0.2, -0.15) is 5.10 Å². The van der Waals surface area contributed by atoms with E-state index in [1.165, 1.54) is 19.3 Å². The minimum atomic E-state index is -0.403. The molecule has 2 aromatic heterocycles. The molecule has 1 atom stereocenters. The normalized spacial score (nSPS) is 17.3. The van der Waals surface area contributed by atoms with Crippen LogP contribution < -0.4 is 5.32 Å². The zero-order chi connectivity index (χ0) is 16.9. The first-order valence-electron chi connectivity index (χ1n) is 9.00. The molecule has 0 amide bonds. The smallest absolute Gasteiger partial charge is 0.163 e. The third-order valence-electron chi connectivity index (χ3n) is 4.53. The summed E-state index contributed by atoms with van der Waals surface area (Å²) in [5.74, 6) is 1.59. The SMILES string of the molecule is CCCc1nc(NCC(O)CN2CCCCC2)c2cnn(C)c2n1. The first kappa shape index (κ1) is 17.1. The quantitative estimate of drug-likeness (QED) is 0.801. The fraction of sp³-hybridized carbons (Fsp3) is 0.706. The van der Waals surface area contributed by atoms with Gasteiger partial charge in [-0.05, 0) is 32.4 Å². The molecule has 1 fully saturated rings. The summed E-state index contributed by atoms with van der Waals surface area (Å²) in [5.41, 5.74) is 0.835. The number of hydrogen-bond acceptors (Lipinski definition) is 6. The Bertz CT molecular complexity index is 664. The van der Waals surface area contributed by atoms with Gasteiger partial charge >= 0.3 is 0 Å². The third-order valence-corrected chi connectivity index (χ3v) is 4.53. The highest BCUT2D eigenvalue weighted by molar-refractivity contribution is 5.86. The third kappa shape index (κ3) is 4.02. The lowest BCUT2D eigenvalue weighted by molar-refractivity contribution is 0.109. The van der Waals surface area contributed by atoms with Gasteiger partial charge in [0.25, 0.3) is 0 Å². The van der Waals surface area contributed by atoms with Crippen molar-refractivity contribution in [3.8, 4) is 0 Å². The number of nitrogens with one attached hydrogen (secondary N) is 1. The van der Waals surface area contributed by atoms with Gasteiger partial charge in [0.1, 0.15) is 11.6 Å². The Morgan fingerprint density at radius 3 is 2.79 bits per heavy atom. The predicted molar refractivity (Wildman–Crippen MR) is 95.1 cm³/mol. The number of aryl methyl sites for hydroxylation is 2. The molecule has 0 aliphatic carbocycles. The van der Waals surface area contributed by atoms with E-state index in [1.54, 1.807) is 10.9 Å². The molecule has 132 valence electrons. The van der Waals surface area contributed by atoms with Gasteiger partial charge in [0.2, 0.25) is 0 Å². The average Bonchev–Trinajstić information content (AvgIpc) is 2.95. The van der Waals surface area contributed by atoms with E-state index in [1.807, 2.05) is 7.05 Å². The maximum absolute atomic E-state index is 10.3. The van der Waals surface area contributed by atoms with Crippen LogP contribution in [0.3, 0.4) is 0 Å². The molecule has 1 aliphatic heterocycles. The van der Waals surface area contributed by atoms with Crippen LogP contribution in [0.15, 0.2) is 6.20 Å². The molecule has 1 aliphatic rings. The Labute approximate surface area is 143 Å². The molecule has 0 aromatic carbocycles. The Morgan fingerprint density at radius 1 is 1.25 bits per heavy atom. The number of rotatable bonds is 7. The Balaban J connectivity index is 1.67. The standard InChI is InChI=1S/C17H28N6O/c1-3-7-15-20-16(14-11-19-22(2)17(14)21-15)18-10-13(24)12-23-8-5-4-6-9-23/h11,13,24H,3-10,12H2,1-2H3,(H,18,20,21). The Kier molecular flexibility index (Phi) is 5.63. The lowest BCUT2D eigenvalue weighted by Gasteiger charge is -2.28. The Morgan fingerprint density at radius 2 is 2.04 bits per heavy atom. The highest BCUT2D eigenvalue weighted by atomic mass is 16.3. The van der Waals surface area contributed by atoms with Gasteiger partial charge in [0, 0.05) is 26.6 Å². The number of fused-ring (bicyclic) bond motifs is 1. The number of hydrogen-bond donors (Lipinski definition) is 2. The van der Waals surface area contributed by atoms with Gasteiger partial charge in [-0.1, -0.05) is 13.3 Å². The summed E-state index contributed by atoms with van der Waals surface area (Å²) in [5, 5.41) is 18.8. The van der Waals surface area contributed by atoms with Crippen LogP contribution in [0.1, 0.15) is 38.4 Å². The van der Waals surface area contributed by atoms with Crippen molar-refractivity contribution in [1.29, 1.82) is 0 Å². The van der Waals surface area contributed by atoms with E-state index < -0.39 is 6.10 Å². The maximum Gasteiger partial charge on any atom is 0.163 e. The maximum atomic E-state index is 10.3. The molecule has 2 aromatic rings. The second-order valence-corrected chi connectivity index (χ2v) is 6.64. The van der Waals surface area contributed by atoms with Crippen molar-refractivity contribution in [2.24, 2.45) is 7.05 Å². The second kappa shape index (κ2) is 7.90. The summed E-state index contributed by atoms with van der Waals surface area (Å²) in [4.78, 5) is 11.6. The highest BCUT2D eigenvalue weighted by Crippen LogP contribution is 2.20.